The van der Waals surface area contributed by atoms with Crippen LogP contribution in [0.5, 0.6) is 0 Å². The highest BCUT2D eigenvalue weighted by Crippen LogP contribution is 2.21. The number of aromatic nitrogens is 3. The Morgan fingerprint density at radius 1 is 1.50 bits per heavy atom. The number of thioether (sulfide) groups is 1. The average molecular weight is 236 g/mol. The first kappa shape index (κ1) is 10.6. The van der Waals surface area contributed by atoms with Gasteiger partial charge in [-0.1, -0.05) is 11.8 Å². The van der Waals surface area contributed by atoms with Gasteiger partial charge in [0.2, 0.25) is 5.89 Å². The summed E-state index contributed by atoms with van der Waals surface area (Å²) in [5.74, 6) is -1.07. The standard InChI is InChI=1S/C9H7N3O3S/c13-7(14)5-16-9-12-11-8(15-9)6-2-1-3-10-4-6/h1-4H,5H2,(H,13,14)/p-1. The highest BCUT2D eigenvalue weighted by Gasteiger charge is 2.08. The molecule has 0 radical (unpaired) electrons. The second-order valence-electron chi connectivity index (χ2n) is 2.78. The van der Waals surface area contributed by atoms with Crippen molar-refractivity contribution in [1.82, 2.24) is 15.2 Å². The Bertz CT molecular complexity index is 486. The van der Waals surface area contributed by atoms with Crippen LogP contribution >= 0.6 is 11.8 Å². The van der Waals surface area contributed by atoms with Crippen LogP contribution in [0.15, 0.2) is 34.2 Å². The zero-order valence-electron chi connectivity index (χ0n) is 7.99. The van der Waals surface area contributed by atoms with Crippen molar-refractivity contribution in [2.24, 2.45) is 0 Å². The lowest BCUT2D eigenvalue weighted by Crippen LogP contribution is -2.24. The molecule has 0 unspecified atom stereocenters. The van der Waals surface area contributed by atoms with Crippen LogP contribution in [0.2, 0.25) is 0 Å². The van der Waals surface area contributed by atoms with Gasteiger partial charge in [0.05, 0.1) is 11.5 Å². The van der Waals surface area contributed by atoms with E-state index in [1.165, 1.54) is 0 Å². The third-order valence-electron chi connectivity index (χ3n) is 1.63. The first-order valence-corrected chi connectivity index (χ1v) is 5.31. The van der Waals surface area contributed by atoms with Gasteiger partial charge in [-0.05, 0) is 12.1 Å². The SMILES string of the molecule is O=C([O-])CSc1nnc(-c2cccnc2)o1. The fourth-order valence-corrected chi connectivity index (χ4v) is 1.47. The molecule has 0 aliphatic carbocycles. The van der Waals surface area contributed by atoms with E-state index in [9.17, 15) is 9.90 Å². The van der Waals surface area contributed by atoms with Gasteiger partial charge in [-0.2, -0.15) is 0 Å². The predicted octanol–water partition coefficient (Wildman–Crippen LogP) is -0.0264. The van der Waals surface area contributed by atoms with Crippen LogP contribution in [0.4, 0.5) is 0 Å². The Morgan fingerprint density at radius 3 is 3.06 bits per heavy atom. The summed E-state index contributed by atoms with van der Waals surface area (Å²) in [7, 11) is 0. The minimum Gasteiger partial charge on any atom is -0.549 e. The molecule has 0 aliphatic rings. The third kappa shape index (κ3) is 2.57. The summed E-state index contributed by atoms with van der Waals surface area (Å²) in [6.07, 6.45) is 3.21. The van der Waals surface area contributed by atoms with Crippen LogP contribution in [0.1, 0.15) is 0 Å². The molecule has 0 spiro atoms. The van der Waals surface area contributed by atoms with E-state index in [0.717, 1.165) is 11.8 Å². The Hall–Kier alpha value is -1.89. The molecule has 0 atom stereocenters. The summed E-state index contributed by atoms with van der Waals surface area (Å²) in [6, 6.07) is 3.52. The molecule has 0 saturated heterocycles. The molecule has 0 N–H and O–H groups in total. The van der Waals surface area contributed by atoms with E-state index in [1.54, 1.807) is 24.5 Å². The van der Waals surface area contributed by atoms with Crippen molar-refractivity contribution in [1.29, 1.82) is 0 Å². The van der Waals surface area contributed by atoms with Gasteiger partial charge >= 0.3 is 0 Å². The zero-order chi connectivity index (χ0) is 11.4. The van der Waals surface area contributed by atoms with Crippen molar-refractivity contribution in [3.63, 3.8) is 0 Å². The van der Waals surface area contributed by atoms with Gasteiger partial charge in [-0.15, -0.1) is 10.2 Å². The van der Waals surface area contributed by atoms with Crippen LogP contribution in [-0.4, -0.2) is 26.9 Å². The number of rotatable bonds is 4. The molecule has 2 heterocycles. The maximum atomic E-state index is 10.2. The van der Waals surface area contributed by atoms with Gasteiger partial charge in [0, 0.05) is 18.1 Å². The summed E-state index contributed by atoms with van der Waals surface area (Å²) < 4.78 is 5.23. The van der Waals surface area contributed by atoms with Gasteiger partial charge < -0.3 is 14.3 Å². The largest absolute Gasteiger partial charge is 0.549 e. The van der Waals surface area contributed by atoms with E-state index in [0.29, 0.717) is 11.5 Å². The number of carboxylic acid groups (broad SMARTS) is 1. The molecule has 0 saturated carbocycles. The Labute approximate surface area is 94.7 Å². The van der Waals surface area contributed by atoms with E-state index in [-0.39, 0.29) is 11.0 Å². The molecule has 0 amide bonds. The van der Waals surface area contributed by atoms with Crippen molar-refractivity contribution < 1.29 is 14.3 Å². The fourth-order valence-electron chi connectivity index (χ4n) is 0.995. The number of carbonyl (C=O) groups excluding carboxylic acids is 1. The molecule has 16 heavy (non-hydrogen) atoms. The first-order chi connectivity index (χ1) is 7.75. The van der Waals surface area contributed by atoms with Crippen molar-refractivity contribution in [3.05, 3.63) is 24.5 Å². The van der Waals surface area contributed by atoms with Crippen molar-refractivity contribution in [2.75, 3.05) is 5.75 Å². The van der Waals surface area contributed by atoms with Gasteiger partial charge in [-0.3, -0.25) is 4.98 Å². The summed E-state index contributed by atoms with van der Waals surface area (Å²) in [6.45, 7) is 0. The quantitative estimate of drug-likeness (QED) is 0.688. The van der Waals surface area contributed by atoms with Crippen LogP contribution < -0.4 is 5.11 Å². The molecule has 2 rings (SSSR count). The van der Waals surface area contributed by atoms with Gasteiger partial charge in [0.25, 0.3) is 5.22 Å². The number of carbonyl (C=O) groups is 1. The number of carboxylic acids is 1. The van der Waals surface area contributed by atoms with E-state index >= 15 is 0 Å². The van der Waals surface area contributed by atoms with E-state index < -0.39 is 5.97 Å². The predicted molar refractivity (Wildman–Crippen MR) is 53.3 cm³/mol. The monoisotopic (exact) mass is 236 g/mol. The van der Waals surface area contributed by atoms with Crippen LogP contribution in [0.3, 0.4) is 0 Å². The Kier molecular flexibility index (Phi) is 3.16. The maximum Gasteiger partial charge on any atom is 0.277 e. The number of pyridine rings is 1. The lowest BCUT2D eigenvalue weighted by Gasteiger charge is -1.96. The second kappa shape index (κ2) is 4.75. The van der Waals surface area contributed by atoms with E-state index in [4.69, 9.17) is 4.42 Å². The number of aliphatic carboxylic acids is 1. The van der Waals surface area contributed by atoms with Gasteiger partial charge in [0.15, 0.2) is 0 Å². The summed E-state index contributed by atoms with van der Waals surface area (Å²) in [5.41, 5.74) is 0.690. The molecule has 6 nitrogen and oxygen atoms in total. The van der Waals surface area contributed by atoms with E-state index in [1.807, 2.05) is 0 Å². The molecule has 2 aromatic rings. The molecule has 0 aliphatic heterocycles. The number of hydrogen-bond donors (Lipinski definition) is 0. The van der Waals surface area contributed by atoms with Crippen molar-refractivity contribution in [3.8, 4) is 11.5 Å². The Morgan fingerprint density at radius 2 is 2.38 bits per heavy atom. The molecule has 0 bridgehead atoms. The van der Waals surface area contributed by atoms with Crippen LogP contribution in [-0.2, 0) is 4.79 Å². The highest BCUT2D eigenvalue weighted by molar-refractivity contribution is 7.99. The van der Waals surface area contributed by atoms with E-state index in [2.05, 4.69) is 15.2 Å². The fraction of sp³-hybridized carbons (Fsp3) is 0.111. The molecule has 2 aromatic heterocycles. The summed E-state index contributed by atoms with van der Waals surface area (Å²) in [5, 5.41) is 17.9. The molecule has 82 valence electrons. The lowest BCUT2D eigenvalue weighted by atomic mass is 10.3. The first-order valence-electron chi connectivity index (χ1n) is 4.32. The topological polar surface area (TPSA) is 91.9 Å². The zero-order valence-corrected chi connectivity index (χ0v) is 8.81. The molecule has 0 aromatic carbocycles. The molecular formula is C9H6N3O3S-. The van der Waals surface area contributed by atoms with Crippen molar-refractivity contribution in [2.45, 2.75) is 5.22 Å². The summed E-state index contributed by atoms with van der Waals surface area (Å²) in [4.78, 5) is 14.1. The second-order valence-corrected chi connectivity index (χ2v) is 3.70. The van der Waals surface area contributed by atoms with Crippen molar-refractivity contribution >= 4 is 17.7 Å². The minimum absolute atomic E-state index is 0.197. The number of nitrogens with zero attached hydrogens (tertiary/aromatic N) is 3. The Balaban J connectivity index is 2.11. The number of hydrogen-bond acceptors (Lipinski definition) is 7. The third-order valence-corrected chi connectivity index (χ3v) is 2.42. The molecule has 7 heteroatoms. The highest BCUT2D eigenvalue weighted by atomic mass is 32.2. The average Bonchev–Trinajstić information content (AvgIpc) is 2.76. The summed E-state index contributed by atoms with van der Waals surface area (Å²) >= 11 is 0.921. The van der Waals surface area contributed by atoms with Gasteiger partial charge in [0.1, 0.15) is 0 Å². The minimum atomic E-state index is -1.17. The van der Waals surface area contributed by atoms with Crippen LogP contribution in [0.25, 0.3) is 11.5 Å². The maximum absolute atomic E-state index is 10.2. The molecule has 0 fully saturated rings. The van der Waals surface area contributed by atoms with Gasteiger partial charge in [-0.25, -0.2) is 0 Å². The molecular weight excluding hydrogens is 230 g/mol. The lowest BCUT2D eigenvalue weighted by molar-refractivity contribution is -0.301. The smallest absolute Gasteiger partial charge is 0.277 e. The van der Waals surface area contributed by atoms with Crippen LogP contribution in [0, 0.1) is 0 Å². The normalized spacial score (nSPS) is 10.2.